The summed E-state index contributed by atoms with van der Waals surface area (Å²) in [6.45, 7) is 5.20. The van der Waals surface area contributed by atoms with Crippen LogP contribution in [0.1, 0.15) is 31.1 Å². The van der Waals surface area contributed by atoms with Crippen LogP contribution in [0.4, 0.5) is 0 Å². The number of amides is 2. The average molecular weight is 352 g/mol. The lowest BCUT2D eigenvalue weighted by molar-refractivity contribution is -0.129. The van der Waals surface area contributed by atoms with Gasteiger partial charge in [-0.2, -0.15) is 0 Å². The highest BCUT2D eigenvalue weighted by atomic mass is 32.2. The van der Waals surface area contributed by atoms with E-state index in [0.717, 1.165) is 0 Å². The molecule has 0 aromatic heterocycles. The molecule has 2 amide bonds. The topological polar surface area (TPSA) is 75.7 Å². The Morgan fingerprint density at radius 1 is 1.17 bits per heavy atom. The number of hydrogen-bond donors (Lipinski definition) is 1. The molecule has 0 bridgehead atoms. The summed E-state index contributed by atoms with van der Waals surface area (Å²) in [6.07, 6.45) is -0.888. The van der Waals surface area contributed by atoms with Gasteiger partial charge < -0.3 is 15.0 Å². The van der Waals surface area contributed by atoms with Gasteiger partial charge in [-0.15, -0.1) is 11.8 Å². The van der Waals surface area contributed by atoms with Crippen molar-refractivity contribution in [2.75, 3.05) is 19.8 Å². The molecular weight excluding hydrogens is 328 g/mol. The maximum atomic E-state index is 12.3. The minimum Gasteiger partial charge on any atom is -0.449 e. The van der Waals surface area contributed by atoms with Crippen LogP contribution in [0.25, 0.3) is 0 Å². The van der Waals surface area contributed by atoms with E-state index in [-0.39, 0.29) is 23.6 Å². The second-order valence-electron chi connectivity index (χ2n) is 5.78. The number of rotatable bonds is 7. The third kappa shape index (κ3) is 6.23. The standard InChI is InChI=1S/C17H24N2O4S/c1-11(2)18-16(21)12(3)23-17(22)13-8-6-7-9-14(13)24-10-15(20)19(4)5/h6-9,11-12H,10H2,1-5H3,(H,18,21)/t12-/m1/s1. The monoisotopic (exact) mass is 352 g/mol. The zero-order valence-electron chi connectivity index (χ0n) is 14.7. The lowest BCUT2D eigenvalue weighted by Crippen LogP contribution is -2.39. The highest BCUT2D eigenvalue weighted by molar-refractivity contribution is 8.00. The SMILES string of the molecule is CC(C)NC(=O)[C@@H](C)OC(=O)c1ccccc1SCC(=O)N(C)C. The molecule has 7 heteroatoms. The largest absolute Gasteiger partial charge is 0.449 e. The summed E-state index contributed by atoms with van der Waals surface area (Å²) in [5.41, 5.74) is 0.346. The summed E-state index contributed by atoms with van der Waals surface area (Å²) in [6, 6.07) is 6.85. The van der Waals surface area contributed by atoms with Crippen LogP contribution in [0.15, 0.2) is 29.2 Å². The Labute approximate surface area is 146 Å². The molecule has 1 aromatic carbocycles. The first kappa shape index (κ1) is 20.0. The van der Waals surface area contributed by atoms with Crippen LogP contribution in [0.5, 0.6) is 0 Å². The highest BCUT2D eigenvalue weighted by Gasteiger charge is 2.21. The smallest absolute Gasteiger partial charge is 0.340 e. The molecule has 1 aromatic rings. The first-order chi connectivity index (χ1) is 11.2. The van der Waals surface area contributed by atoms with E-state index >= 15 is 0 Å². The van der Waals surface area contributed by atoms with E-state index in [1.165, 1.54) is 23.6 Å². The van der Waals surface area contributed by atoms with E-state index in [2.05, 4.69) is 5.32 Å². The van der Waals surface area contributed by atoms with Gasteiger partial charge in [-0.1, -0.05) is 12.1 Å². The highest BCUT2D eigenvalue weighted by Crippen LogP contribution is 2.24. The van der Waals surface area contributed by atoms with Crippen molar-refractivity contribution in [2.45, 2.75) is 37.8 Å². The molecule has 0 saturated carbocycles. The number of hydrogen-bond acceptors (Lipinski definition) is 5. The van der Waals surface area contributed by atoms with Crippen LogP contribution >= 0.6 is 11.8 Å². The van der Waals surface area contributed by atoms with Gasteiger partial charge in [0.05, 0.1) is 11.3 Å². The van der Waals surface area contributed by atoms with Crippen molar-refractivity contribution < 1.29 is 19.1 Å². The molecule has 1 N–H and O–H groups in total. The second-order valence-corrected chi connectivity index (χ2v) is 6.80. The fraction of sp³-hybridized carbons (Fsp3) is 0.471. The first-order valence-electron chi connectivity index (χ1n) is 7.65. The number of esters is 1. The van der Waals surface area contributed by atoms with Crippen molar-refractivity contribution in [3.63, 3.8) is 0 Å². The summed E-state index contributed by atoms with van der Waals surface area (Å²) in [5, 5.41) is 2.69. The molecule has 0 aliphatic heterocycles. The Hall–Kier alpha value is -2.02. The molecule has 0 heterocycles. The maximum Gasteiger partial charge on any atom is 0.340 e. The van der Waals surface area contributed by atoms with Crippen molar-refractivity contribution in [2.24, 2.45) is 0 Å². The van der Waals surface area contributed by atoms with Gasteiger partial charge in [-0.3, -0.25) is 9.59 Å². The Bertz CT molecular complexity index is 602. The molecule has 0 aliphatic carbocycles. The number of benzene rings is 1. The number of carbonyl (C=O) groups is 3. The molecule has 1 rings (SSSR count). The van der Waals surface area contributed by atoms with Gasteiger partial charge in [0, 0.05) is 25.0 Å². The Kier molecular flexibility index (Phi) is 7.78. The molecule has 0 fully saturated rings. The summed E-state index contributed by atoms with van der Waals surface area (Å²) >= 11 is 1.27. The van der Waals surface area contributed by atoms with Gasteiger partial charge in [-0.25, -0.2) is 4.79 Å². The zero-order chi connectivity index (χ0) is 18.3. The molecular formula is C17H24N2O4S. The Morgan fingerprint density at radius 3 is 2.38 bits per heavy atom. The van der Waals surface area contributed by atoms with E-state index in [0.29, 0.717) is 10.5 Å². The van der Waals surface area contributed by atoms with E-state index in [4.69, 9.17) is 4.74 Å². The summed E-state index contributed by atoms with van der Waals surface area (Å²) in [4.78, 5) is 38.0. The van der Waals surface area contributed by atoms with E-state index < -0.39 is 12.1 Å². The molecule has 1 atom stereocenters. The molecule has 6 nitrogen and oxygen atoms in total. The number of carbonyl (C=O) groups excluding carboxylic acids is 3. The van der Waals surface area contributed by atoms with Crippen LogP contribution in [-0.4, -0.2) is 54.7 Å². The normalized spacial score (nSPS) is 11.8. The van der Waals surface area contributed by atoms with Gasteiger partial charge in [-0.05, 0) is 32.9 Å². The molecule has 0 saturated heterocycles. The van der Waals surface area contributed by atoms with Gasteiger partial charge in [0.2, 0.25) is 5.91 Å². The van der Waals surface area contributed by atoms with Gasteiger partial charge >= 0.3 is 5.97 Å². The van der Waals surface area contributed by atoms with E-state index in [1.807, 2.05) is 13.8 Å². The number of nitrogens with zero attached hydrogens (tertiary/aromatic N) is 1. The average Bonchev–Trinajstić information content (AvgIpc) is 2.51. The van der Waals surface area contributed by atoms with Gasteiger partial charge in [0.1, 0.15) is 0 Å². The van der Waals surface area contributed by atoms with Crippen molar-refractivity contribution in [3.05, 3.63) is 29.8 Å². The van der Waals surface area contributed by atoms with Crippen LogP contribution in [0, 0.1) is 0 Å². The van der Waals surface area contributed by atoms with E-state index in [9.17, 15) is 14.4 Å². The molecule has 24 heavy (non-hydrogen) atoms. The molecule has 0 unspecified atom stereocenters. The Balaban J connectivity index is 2.77. The number of thioether (sulfide) groups is 1. The van der Waals surface area contributed by atoms with Crippen molar-refractivity contribution >= 4 is 29.5 Å². The minimum atomic E-state index is -0.888. The fourth-order valence-electron chi connectivity index (χ4n) is 1.71. The Morgan fingerprint density at radius 2 is 1.79 bits per heavy atom. The lowest BCUT2D eigenvalue weighted by Gasteiger charge is -2.16. The summed E-state index contributed by atoms with van der Waals surface area (Å²) < 4.78 is 5.23. The number of nitrogens with one attached hydrogen (secondary N) is 1. The second kappa shape index (κ2) is 9.32. The number of ether oxygens (including phenoxy) is 1. The van der Waals surface area contributed by atoms with Crippen LogP contribution in [-0.2, 0) is 14.3 Å². The molecule has 132 valence electrons. The quantitative estimate of drug-likeness (QED) is 0.599. The fourth-order valence-corrected chi connectivity index (χ4v) is 2.73. The zero-order valence-corrected chi connectivity index (χ0v) is 15.5. The lowest BCUT2D eigenvalue weighted by atomic mass is 10.2. The third-order valence-corrected chi connectivity index (χ3v) is 4.10. The summed E-state index contributed by atoms with van der Waals surface area (Å²) in [7, 11) is 3.36. The third-order valence-electron chi connectivity index (χ3n) is 3.04. The first-order valence-corrected chi connectivity index (χ1v) is 8.64. The van der Waals surface area contributed by atoms with Crippen molar-refractivity contribution in [1.82, 2.24) is 10.2 Å². The molecule has 0 aliphatic rings. The van der Waals surface area contributed by atoms with Crippen LogP contribution < -0.4 is 5.32 Å². The predicted molar refractivity (Wildman–Crippen MR) is 94.0 cm³/mol. The minimum absolute atomic E-state index is 0.0291. The summed E-state index contributed by atoms with van der Waals surface area (Å²) in [5.74, 6) is -0.748. The van der Waals surface area contributed by atoms with E-state index in [1.54, 1.807) is 38.4 Å². The van der Waals surface area contributed by atoms with Crippen molar-refractivity contribution in [3.8, 4) is 0 Å². The van der Waals surface area contributed by atoms with Gasteiger partial charge in [0.25, 0.3) is 5.91 Å². The predicted octanol–water partition coefficient (Wildman–Crippen LogP) is 1.94. The van der Waals surface area contributed by atoms with Gasteiger partial charge in [0.15, 0.2) is 6.10 Å². The molecule has 0 radical (unpaired) electrons. The van der Waals surface area contributed by atoms with Crippen molar-refractivity contribution in [1.29, 1.82) is 0 Å². The van der Waals surface area contributed by atoms with Crippen LogP contribution in [0.3, 0.4) is 0 Å². The molecule has 0 spiro atoms. The maximum absolute atomic E-state index is 12.3. The van der Waals surface area contributed by atoms with Crippen LogP contribution in [0.2, 0.25) is 0 Å².